The molecule has 0 saturated heterocycles. The van der Waals surface area contributed by atoms with Crippen LogP contribution >= 0.6 is 0 Å². The summed E-state index contributed by atoms with van der Waals surface area (Å²) >= 11 is 0. The summed E-state index contributed by atoms with van der Waals surface area (Å²) in [6.45, 7) is 2.10. The number of hydrogen-bond acceptors (Lipinski definition) is 4. The fourth-order valence-electron chi connectivity index (χ4n) is 3.81. The van der Waals surface area contributed by atoms with Crippen LogP contribution in [0.4, 0.5) is 0 Å². The van der Waals surface area contributed by atoms with E-state index in [1.165, 1.54) is 6.26 Å². The first kappa shape index (κ1) is 19.3. The lowest BCUT2D eigenvalue weighted by atomic mass is 10.1. The summed E-state index contributed by atoms with van der Waals surface area (Å²) in [5.41, 5.74) is 5.75. The van der Waals surface area contributed by atoms with Crippen LogP contribution in [0.25, 0.3) is 33.5 Å². The first-order chi connectivity index (χ1) is 15.0. The average molecular weight is 432 g/mol. The molecule has 0 unspecified atom stereocenters. The highest BCUT2D eigenvalue weighted by atomic mass is 32.2. The Morgan fingerprint density at radius 3 is 2.45 bits per heavy atom. The number of aromatic nitrogens is 5. The van der Waals surface area contributed by atoms with E-state index in [0.29, 0.717) is 0 Å². The maximum absolute atomic E-state index is 11.8. The number of fused-ring (bicyclic) bond motifs is 1. The van der Waals surface area contributed by atoms with Crippen molar-refractivity contribution in [2.24, 2.45) is 0 Å². The van der Waals surface area contributed by atoms with Crippen LogP contribution in [0.1, 0.15) is 12.6 Å². The lowest BCUT2D eigenvalue weighted by molar-refractivity contribution is 0.602. The molecule has 3 aromatic heterocycles. The van der Waals surface area contributed by atoms with Gasteiger partial charge in [0.25, 0.3) is 0 Å². The van der Waals surface area contributed by atoms with Crippen molar-refractivity contribution in [1.29, 1.82) is 0 Å². The molecule has 156 valence electrons. The SMILES string of the molecule is CCc1nn(-c2cc[nH]c2)c2cc(-c3ccnn3-c3ccc(S(C)(=O)=O)cc3)ccc12. The average Bonchev–Trinajstić information content (AvgIpc) is 3.51. The second-order valence-electron chi connectivity index (χ2n) is 7.41. The van der Waals surface area contributed by atoms with Gasteiger partial charge in [0.1, 0.15) is 0 Å². The van der Waals surface area contributed by atoms with Gasteiger partial charge in [-0.3, -0.25) is 0 Å². The first-order valence-electron chi connectivity index (χ1n) is 9.95. The maximum atomic E-state index is 11.8. The smallest absolute Gasteiger partial charge is 0.175 e. The van der Waals surface area contributed by atoms with Crippen LogP contribution < -0.4 is 0 Å². The molecule has 0 fully saturated rings. The quantitative estimate of drug-likeness (QED) is 0.453. The molecule has 7 nitrogen and oxygen atoms in total. The number of H-pyrrole nitrogens is 1. The molecule has 0 bridgehead atoms. The van der Waals surface area contributed by atoms with Gasteiger partial charge < -0.3 is 4.98 Å². The Morgan fingerprint density at radius 1 is 0.968 bits per heavy atom. The van der Waals surface area contributed by atoms with Gasteiger partial charge in [0.2, 0.25) is 0 Å². The van der Waals surface area contributed by atoms with E-state index in [-0.39, 0.29) is 4.90 Å². The van der Waals surface area contributed by atoms with Gasteiger partial charge in [0.05, 0.1) is 39.4 Å². The standard InChI is InChI=1S/C23H21N5O2S/c1-3-21-20-9-4-16(14-23(20)28(26-21)18-10-12-24-15-18)22-11-13-25-27(22)17-5-7-19(8-6-17)31(2,29)30/h4-15,24H,3H2,1-2H3. The van der Waals surface area contributed by atoms with Crippen molar-refractivity contribution in [1.82, 2.24) is 24.5 Å². The van der Waals surface area contributed by atoms with Gasteiger partial charge in [0, 0.05) is 29.6 Å². The fourth-order valence-corrected chi connectivity index (χ4v) is 4.44. The molecule has 31 heavy (non-hydrogen) atoms. The molecule has 0 spiro atoms. The molecule has 5 rings (SSSR count). The third-order valence-electron chi connectivity index (χ3n) is 5.37. The lowest BCUT2D eigenvalue weighted by Gasteiger charge is -2.09. The Labute approximate surface area is 179 Å². The van der Waals surface area contributed by atoms with Crippen molar-refractivity contribution in [2.45, 2.75) is 18.2 Å². The molecule has 0 aliphatic carbocycles. The van der Waals surface area contributed by atoms with Gasteiger partial charge in [-0.05, 0) is 48.9 Å². The number of sulfone groups is 1. The Bertz CT molecular complexity index is 1480. The van der Waals surface area contributed by atoms with E-state index in [2.05, 4.69) is 35.2 Å². The third kappa shape index (κ3) is 3.34. The topological polar surface area (TPSA) is 85.6 Å². The summed E-state index contributed by atoms with van der Waals surface area (Å²) in [5.74, 6) is 0. The minimum atomic E-state index is -3.24. The van der Waals surface area contributed by atoms with Crippen LogP contribution in [0.3, 0.4) is 0 Å². The van der Waals surface area contributed by atoms with E-state index in [1.54, 1.807) is 30.5 Å². The molecule has 0 radical (unpaired) electrons. The Morgan fingerprint density at radius 2 is 1.77 bits per heavy atom. The highest BCUT2D eigenvalue weighted by molar-refractivity contribution is 7.90. The minimum Gasteiger partial charge on any atom is -0.366 e. The molecule has 2 aromatic carbocycles. The van der Waals surface area contributed by atoms with Gasteiger partial charge >= 0.3 is 0 Å². The summed E-state index contributed by atoms with van der Waals surface area (Å²) in [6.07, 6.45) is 7.59. The van der Waals surface area contributed by atoms with Crippen LogP contribution in [0.5, 0.6) is 0 Å². The van der Waals surface area contributed by atoms with Gasteiger partial charge in [-0.2, -0.15) is 10.2 Å². The maximum Gasteiger partial charge on any atom is 0.175 e. The summed E-state index contributed by atoms with van der Waals surface area (Å²) in [7, 11) is -3.24. The molecule has 0 amide bonds. The molecule has 3 heterocycles. The van der Waals surface area contributed by atoms with Gasteiger partial charge in [-0.15, -0.1) is 0 Å². The molecule has 0 aliphatic heterocycles. The Kier molecular flexibility index (Phi) is 4.51. The number of rotatable bonds is 5. The highest BCUT2D eigenvalue weighted by Crippen LogP contribution is 2.29. The molecule has 0 aliphatic rings. The van der Waals surface area contributed by atoms with E-state index in [4.69, 9.17) is 5.10 Å². The van der Waals surface area contributed by atoms with Crippen LogP contribution in [0.2, 0.25) is 0 Å². The van der Waals surface area contributed by atoms with Gasteiger partial charge in [-0.25, -0.2) is 17.8 Å². The van der Waals surface area contributed by atoms with Gasteiger partial charge in [-0.1, -0.05) is 19.1 Å². The summed E-state index contributed by atoms with van der Waals surface area (Å²) in [6, 6.07) is 17.0. The zero-order valence-corrected chi connectivity index (χ0v) is 18.0. The predicted molar refractivity (Wildman–Crippen MR) is 120 cm³/mol. The van der Waals surface area contributed by atoms with E-state index in [0.717, 1.165) is 45.6 Å². The Hall–Kier alpha value is -3.65. The van der Waals surface area contributed by atoms with E-state index in [1.807, 2.05) is 33.9 Å². The number of aromatic amines is 1. The molecule has 5 aromatic rings. The van der Waals surface area contributed by atoms with Crippen molar-refractivity contribution in [2.75, 3.05) is 6.26 Å². The largest absolute Gasteiger partial charge is 0.366 e. The number of nitrogens with zero attached hydrogens (tertiary/aromatic N) is 4. The zero-order chi connectivity index (χ0) is 21.6. The molecular weight excluding hydrogens is 410 g/mol. The van der Waals surface area contributed by atoms with E-state index in [9.17, 15) is 8.42 Å². The van der Waals surface area contributed by atoms with E-state index < -0.39 is 9.84 Å². The summed E-state index contributed by atoms with van der Waals surface area (Å²) in [4.78, 5) is 3.38. The van der Waals surface area contributed by atoms with Crippen molar-refractivity contribution < 1.29 is 8.42 Å². The number of nitrogens with one attached hydrogen (secondary N) is 1. The second kappa shape index (κ2) is 7.24. The Balaban J connectivity index is 1.63. The number of benzene rings is 2. The van der Waals surface area contributed by atoms with Crippen molar-refractivity contribution >= 4 is 20.7 Å². The van der Waals surface area contributed by atoms with Crippen LogP contribution in [0, 0.1) is 0 Å². The zero-order valence-electron chi connectivity index (χ0n) is 17.1. The van der Waals surface area contributed by atoms with Crippen molar-refractivity contribution in [3.8, 4) is 22.6 Å². The monoisotopic (exact) mass is 431 g/mol. The van der Waals surface area contributed by atoms with Gasteiger partial charge in [0.15, 0.2) is 9.84 Å². The molecule has 1 N–H and O–H groups in total. The van der Waals surface area contributed by atoms with Crippen LogP contribution in [0.15, 0.2) is 78.1 Å². The predicted octanol–water partition coefficient (Wildman–Crippen LogP) is 4.17. The fraction of sp³-hybridized carbons (Fsp3) is 0.130. The highest BCUT2D eigenvalue weighted by Gasteiger charge is 2.15. The lowest BCUT2D eigenvalue weighted by Crippen LogP contribution is -2.01. The minimum absolute atomic E-state index is 0.286. The molecule has 0 atom stereocenters. The van der Waals surface area contributed by atoms with E-state index >= 15 is 0 Å². The summed E-state index contributed by atoms with van der Waals surface area (Å²) < 4.78 is 27.3. The number of hydrogen-bond donors (Lipinski definition) is 1. The van der Waals surface area contributed by atoms with Crippen LogP contribution in [-0.2, 0) is 16.3 Å². The van der Waals surface area contributed by atoms with Crippen molar-refractivity contribution in [3.63, 3.8) is 0 Å². The normalized spacial score (nSPS) is 11.9. The molecule has 8 heteroatoms. The molecular formula is C23H21N5O2S. The molecule has 0 saturated carbocycles. The second-order valence-corrected chi connectivity index (χ2v) is 9.42. The van der Waals surface area contributed by atoms with Crippen molar-refractivity contribution in [3.05, 3.63) is 78.9 Å². The first-order valence-corrected chi connectivity index (χ1v) is 11.8. The summed E-state index contributed by atoms with van der Waals surface area (Å²) in [5, 5.41) is 10.4. The third-order valence-corrected chi connectivity index (χ3v) is 6.49. The van der Waals surface area contributed by atoms with Crippen LogP contribution in [-0.4, -0.2) is 39.2 Å². The number of aryl methyl sites for hydroxylation is 1.